The third-order valence-corrected chi connectivity index (χ3v) is 5.93. The summed E-state index contributed by atoms with van der Waals surface area (Å²) in [7, 11) is 0. The Hall–Kier alpha value is -3.45. The van der Waals surface area contributed by atoms with E-state index in [1.807, 2.05) is 63.2 Å². The molecule has 152 valence electrons. The van der Waals surface area contributed by atoms with Gasteiger partial charge in [-0.25, -0.2) is 0 Å². The number of benzene rings is 2. The fraction of sp³-hybridized carbons (Fsp3) is 0.174. The second-order valence-corrected chi connectivity index (χ2v) is 8.27. The maximum absolute atomic E-state index is 12.5. The highest BCUT2D eigenvalue weighted by Gasteiger charge is 2.21. The topological polar surface area (TPSA) is 83.7 Å². The van der Waals surface area contributed by atoms with Crippen LogP contribution in [0.2, 0.25) is 0 Å². The van der Waals surface area contributed by atoms with Crippen molar-refractivity contribution in [2.75, 3.05) is 5.32 Å². The van der Waals surface area contributed by atoms with Crippen LogP contribution in [-0.4, -0.2) is 21.3 Å². The molecule has 0 radical (unpaired) electrons. The Bertz CT molecular complexity index is 1280. The molecule has 0 fully saturated rings. The van der Waals surface area contributed by atoms with Crippen LogP contribution >= 0.6 is 11.3 Å². The number of aromatic nitrogens is 1. The summed E-state index contributed by atoms with van der Waals surface area (Å²) >= 11 is 0.904. The van der Waals surface area contributed by atoms with Crippen LogP contribution in [0.4, 0.5) is 11.4 Å². The van der Waals surface area contributed by atoms with Gasteiger partial charge in [-0.3, -0.25) is 19.1 Å². The summed E-state index contributed by atoms with van der Waals surface area (Å²) in [5.41, 5.74) is 6.13. The van der Waals surface area contributed by atoms with Crippen molar-refractivity contribution < 1.29 is 9.90 Å². The lowest BCUT2D eigenvalue weighted by Crippen LogP contribution is -2.24. The van der Waals surface area contributed by atoms with E-state index >= 15 is 0 Å². The van der Waals surface area contributed by atoms with Crippen molar-refractivity contribution in [3.8, 4) is 5.88 Å². The van der Waals surface area contributed by atoms with Crippen LogP contribution in [-0.2, 0) is 11.3 Å². The van der Waals surface area contributed by atoms with Crippen LogP contribution in [0.25, 0.3) is 11.6 Å². The number of anilines is 1. The van der Waals surface area contributed by atoms with Gasteiger partial charge < -0.3 is 10.4 Å². The minimum Gasteiger partial charge on any atom is -0.493 e. The molecule has 0 unspecified atom stereocenters. The molecule has 1 amide bonds. The molecule has 30 heavy (non-hydrogen) atoms. The first-order valence-corrected chi connectivity index (χ1v) is 10.3. The molecule has 6 nitrogen and oxygen atoms in total. The molecule has 0 saturated heterocycles. The van der Waals surface area contributed by atoms with Gasteiger partial charge in [0.05, 0.1) is 10.6 Å². The van der Waals surface area contributed by atoms with Crippen molar-refractivity contribution in [2.45, 2.75) is 27.3 Å². The number of rotatable bonds is 4. The van der Waals surface area contributed by atoms with Crippen molar-refractivity contribution in [3.63, 3.8) is 0 Å². The quantitative estimate of drug-likeness (QED) is 0.652. The number of hydrogen-bond donors (Lipinski definition) is 2. The Morgan fingerprint density at radius 1 is 1.20 bits per heavy atom. The van der Waals surface area contributed by atoms with E-state index in [9.17, 15) is 14.7 Å². The molecule has 0 saturated carbocycles. The highest BCUT2D eigenvalue weighted by atomic mass is 32.1. The molecule has 0 atom stereocenters. The Balaban J connectivity index is 1.60. The number of hydrogen-bond acceptors (Lipinski definition) is 5. The van der Waals surface area contributed by atoms with E-state index in [0.29, 0.717) is 10.6 Å². The number of thiazole rings is 1. The first-order valence-electron chi connectivity index (χ1n) is 9.50. The molecule has 2 aromatic carbocycles. The number of carbonyl (C=O) groups is 1. The van der Waals surface area contributed by atoms with E-state index in [-0.39, 0.29) is 18.3 Å². The third kappa shape index (κ3) is 3.71. The minimum atomic E-state index is -0.392. The summed E-state index contributed by atoms with van der Waals surface area (Å²) in [6, 6.07) is 13.5. The summed E-state index contributed by atoms with van der Waals surface area (Å²) in [6.45, 7) is 5.47. The normalized spacial score (nSPS) is 14.0. The standard InChI is InChI=1S/C23H21N3O3S/c1-13-8-9-14(2)19(10-13)25-21(27)12-26-22(28)20(30-23(26)29)11-17-15(3)24-18-7-5-4-6-16(17)18/h4-11,28H,12H2,1-3H3,(H,25,27). The molecule has 1 aliphatic heterocycles. The minimum absolute atomic E-state index is 0.217. The molecule has 2 heterocycles. The molecular weight excluding hydrogens is 398 g/mol. The lowest BCUT2D eigenvalue weighted by atomic mass is 10.0. The predicted octanol–water partition coefficient (Wildman–Crippen LogP) is 4.52. The summed E-state index contributed by atoms with van der Waals surface area (Å²) in [5.74, 6) is -0.590. The maximum atomic E-state index is 12.5. The largest absolute Gasteiger partial charge is 0.493 e. The fourth-order valence-electron chi connectivity index (χ4n) is 3.40. The van der Waals surface area contributed by atoms with Gasteiger partial charge >= 0.3 is 4.87 Å². The zero-order valence-electron chi connectivity index (χ0n) is 16.9. The third-order valence-electron chi connectivity index (χ3n) is 5.01. The number of aromatic hydroxyl groups is 1. The number of fused-ring (bicyclic) bond motifs is 1. The van der Waals surface area contributed by atoms with Gasteiger partial charge in [0, 0.05) is 22.5 Å². The molecule has 4 rings (SSSR count). The Morgan fingerprint density at radius 2 is 1.97 bits per heavy atom. The van der Waals surface area contributed by atoms with E-state index in [0.717, 1.165) is 49.6 Å². The van der Waals surface area contributed by atoms with Crippen molar-refractivity contribution in [3.05, 3.63) is 73.7 Å². The Labute approximate surface area is 177 Å². The highest BCUT2D eigenvalue weighted by molar-refractivity contribution is 7.10. The van der Waals surface area contributed by atoms with Gasteiger partial charge in [-0.2, -0.15) is 0 Å². The second kappa shape index (κ2) is 7.76. The van der Waals surface area contributed by atoms with Gasteiger partial charge in [0.2, 0.25) is 11.8 Å². The summed E-state index contributed by atoms with van der Waals surface area (Å²) in [6.07, 6.45) is 1.76. The molecule has 1 aromatic heterocycles. The van der Waals surface area contributed by atoms with Crippen LogP contribution in [0.15, 0.2) is 52.3 Å². The van der Waals surface area contributed by atoms with Gasteiger partial charge in [-0.05, 0) is 50.1 Å². The number of nitrogens with zero attached hydrogens (tertiary/aromatic N) is 2. The lowest BCUT2D eigenvalue weighted by molar-refractivity contribution is -0.116. The van der Waals surface area contributed by atoms with E-state index < -0.39 is 4.87 Å². The van der Waals surface area contributed by atoms with Crippen LogP contribution in [0.3, 0.4) is 0 Å². The molecular formula is C23H21N3O3S. The summed E-state index contributed by atoms with van der Waals surface area (Å²) < 4.78 is 1.09. The van der Waals surface area contributed by atoms with E-state index in [4.69, 9.17) is 0 Å². The van der Waals surface area contributed by atoms with Gasteiger partial charge in [0.15, 0.2) is 0 Å². The van der Waals surface area contributed by atoms with E-state index in [1.54, 1.807) is 6.08 Å². The van der Waals surface area contributed by atoms with Gasteiger partial charge in [0.1, 0.15) is 6.54 Å². The predicted molar refractivity (Wildman–Crippen MR) is 122 cm³/mol. The number of aryl methyl sites for hydroxylation is 2. The van der Waals surface area contributed by atoms with E-state index in [1.165, 1.54) is 0 Å². The maximum Gasteiger partial charge on any atom is 0.311 e. The van der Waals surface area contributed by atoms with Gasteiger partial charge in [-0.15, -0.1) is 0 Å². The summed E-state index contributed by atoms with van der Waals surface area (Å²) in [5, 5.41) is 13.4. The molecule has 0 spiro atoms. The monoisotopic (exact) mass is 419 g/mol. The average Bonchev–Trinajstić information content (AvgIpc) is 3.16. The molecule has 1 aliphatic rings. The second-order valence-electron chi connectivity index (χ2n) is 7.28. The SMILES string of the molecule is CC1=Nc2ccccc2C1=Cc1sc(=O)n(CC(=O)Nc2cc(C)ccc2C)c1O. The van der Waals surface area contributed by atoms with Crippen LogP contribution in [0.5, 0.6) is 5.88 Å². The number of para-hydroxylation sites is 1. The van der Waals surface area contributed by atoms with Crippen LogP contribution < -0.4 is 10.2 Å². The van der Waals surface area contributed by atoms with Crippen molar-refractivity contribution in [2.24, 2.45) is 4.99 Å². The molecule has 3 aromatic rings. The van der Waals surface area contributed by atoms with Crippen LogP contribution in [0, 0.1) is 13.8 Å². The average molecular weight is 420 g/mol. The number of amides is 1. The first-order chi connectivity index (χ1) is 14.3. The fourth-order valence-corrected chi connectivity index (χ4v) is 4.23. The molecule has 2 N–H and O–H groups in total. The zero-order valence-corrected chi connectivity index (χ0v) is 17.7. The first kappa shape index (κ1) is 19.8. The highest BCUT2D eigenvalue weighted by Crippen LogP contribution is 2.37. The molecule has 0 aliphatic carbocycles. The number of nitrogens with one attached hydrogen (secondary N) is 1. The summed E-state index contributed by atoms with van der Waals surface area (Å²) in [4.78, 5) is 29.5. The number of aliphatic imine (C=N–C) groups is 1. The number of allylic oxidation sites excluding steroid dienone is 1. The Morgan fingerprint density at radius 3 is 2.77 bits per heavy atom. The van der Waals surface area contributed by atoms with Gasteiger partial charge in [-0.1, -0.05) is 41.7 Å². The lowest BCUT2D eigenvalue weighted by Gasteiger charge is -2.10. The Kier molecular flexibility index (Phi) is 5.13. The molecule has 0 bridgehead atoms. The van der Waals surface area contributed by atoms with Crippen molar-refractivity contribution in [1.82, 2.24) is 4.57 Å². The van der Waals surface area contributed by atoms with Gasteiger partial charge in [0.25, 0.3) is 0 Å². The van der Waals surface area contributed by atoms with Crippen LogP contribution in [0.1, 0.15) is 28.5 Å². The van der Waals surface area contributed by atoms with Crippen molar-refractivity contribution in [1.29, 1.82) is 0 Å². The zero-order chi connectivity index (χ0) is 21.4. The van der Waals surface area contributed by atoms with E-state index in [2.05, 4.69) is 10.3 Å². The molecule has 7 heteroatoms. The smallest absolute Gasteiger partial charge is 0.311 e. The van der Waals surface area contributed by atoms with Crippen molar-refractivity contribution >= 4 is 46.0 Å². The number of carbonyl (C=O) groups excluding carboxylic acids is 1.